The lowest BCUT2D eigenvalue weighted by molar-refractivity contribution is 0.150. The van der Waals surface area contributed by atoms with Gasteiger partial charge in [-0.3, -0.25) is 0 Å². The van der Waals surface area contributed by atoms with E-state index in [2.05, 4.69) is 10.5 Å². The molecule has 0 unspecified atom stereocenters. The molecule has 1 aromatic carbocycles. The summed E-state index contributed by atoms with van der Waals surface area (Å²) in [5.74, 6) is 1.79. The first-order valence-corrected chi connectivity index (χ1v) is 8.86. The van der Waals surface area contributed by atoms with E-state index in [1.54, 1.807) is 0 Å². The molecule has 2 aromatic rings. The van der Waals surface area contributed by atoms with Crippen molar-refractivity contribution in [1.29, 1.82) is 0 Å². The van der Waals surface area contributed by atoms with Crippen LogP contribution in [0.1, 0.15) is 32.1 Å². The van der Waals surface area contributed by atoms with Gasteiger partial charge in [-0.25, -0.2) is 0 Å². The van der Waals surface area contributed by atoms with Crippen molar-refractivity contribution in [2.24, 2.45) is 5.92 Å². The maximum absolute atomic E-state index is 9.69. The Kier molecular flexibility index (Phi) is 6.04. The maximum atomic E-state index is 9.69. The van der Waals surface area contributed by atoms with E-state index in [1.165, 1.54) is 0 Å². The van der Waals surface area contributed by atoms with E-state index < -0.39 is 0 Å². The van der Waals surface area contributed by atoms with Gasteiger partial charge in [0.05, 0.1) is 12.7 Å². The van der Waals surface area contributed by atoms with Crippen LogP contribution in [0.2, 0.25) is 0 Å². The van der Waals surface area contributed by atoms with E-state index in [1.807, 2.05) is 18.2 Å². The number of aliphatic hydroxyl groups excluding tert-OH is 1. The van der Waals surface area contributed by atoms with Crippen molar-refractivity contribution in [2.75, 3.05) is 19.7 Å². The van der Waals surface area contributed by atoms with Crippen LogP contribution in [0.3, 0.4) is 0 Å². The first-order valence-electron chi connectivity index (χ1n) is 8.86. The number of fused-ring (bicyclic) bond motifs is 1. The summed E-state index contributed by atoms with van der Waals surface area (Å²) < 4.78 is 17.5. The Labute approximate surface area is 153 Å². The Balaban J connectivity index is 0.00000182. The number of hydrogen-bond acceptors (Lipinski definition) is 6. The largest absolute Gasteiger partial charge is 0.489 e. The normalized spacial score (nSPS) is 24.2. The molecule has 25 heavy (non-hydrogen) atoms. The van der Waals surface area contributed by atoms with Gasteiger partial charge < -0.3 is 24.4 Å². The average molecular weight is 369 g/mol. The van der Waals surface area contributed by atoms with Gasteiger partial charge in [-0.05, 0) is 62.0 Å². The smallest absolute Gasteiger partial charge is 0.265 e. The topological polar surface area (TPSA) is 76.8 Å². The second kappa shape index (κ2) is 8.25. The minimum Gasteiger partial charge on any atom is -0.489 e. The van der Waals surface area contributed by atoms with E-state index in [0.717, 1.165) is 49.9 Å². The number of aromatic nitrogens is 1. The molecule has 0 bridgehead atoms. The van der Waals surface area contributed by atoms with Crippen LogP contribution in [0.5, 0.6) is 11.6 Å². The second-order valence-electron chi connectivity index (χ2n) is 6.83. The van der Waals surface area contributed by atoms with E-state index in [0.29, 0.717) is 30.4 Å². The van der Waals surface area contributed by atoms with Crippen molar-refractivity contribution in [3.63, 3.8) is 0 Å². The Morgan fingerprint density at radius 2 is 2.04 bits per heavy atom. The molecule has 2 heterocycles. The fourth-order valence-corrected chi connectivity index (χ4v) is 3.58. The van der Waals surface area contributed by atoms with Gasteiger partial charge in [0.15, 0.2) is 5.58 Å². The number of hydrogen-bond donors (Lipinski definition) is 2. The minimum atomic E-state index is -0.257. The Morgan fingerprint density at radius 1 is 1.20 bits per heavy atom. The third-order valence-corrected chi connectivity index (χ3v) is 4.99. The predicted octanol–water partition coefficient (Wildman–Crippen LogP) is 2.92. The van der Waals surface area contributed by atoms with Gasteiger partial charge in [-0.15, -0.1) is 12.4 Å². The summed E-state index contributed by atoms with van der Waals surface area (Å²) in [6, 6.07) is 5.68. The molecule has 0 radical (unpaired) electrons. The lowest BCUT2D eigenvalue weighted by Crippen LogP contribution is -2.30. The van der Waals surface area contributed by atoms with Crippen molar-refractivity contribution < 1.29 is 19.1 Å². The lowest BCUT2D eigenvalue weighted by Gasteiger charge is -2.22. The van der Waals surface area contributed by atoms with Crippen molar-refractivity contribution in [3.05, 3.63) is 18.2 Å². The number of nitrogens with one attached hydrogen (secondary N) is 1. The Bertz CT molecular complexity index is 687. The molecule has 138 valence electrons. The molecule has 1 aliphatic heterocycles. The maximum Gasteiger partial charge on any atom is 0.265 e. The predicted molar refractivity (Wildman–Crippen MR) is 96.6 cm³/mol. The zero-order chi connectivity index (χ0) is 16.4. The van der Waals surface area contributed by atoms with Crippen molar-refractivity contribution in [2.45, 2.75) is 44.3 Å². The summed E-state index contributed by atoms with van der Waals surface area (Å²) in [4.78, 5) is 0. The zero-order valence-electron chi connectivity index (χ0n) is 14.1. The summed E-state index contributed by atoms with van der Waals surface area (Å²) in [6.45, 7) is 2.75. The molecule has 1 saturated heterocycles. The molecule has 6 nitrogen and oxygen atoms in total. The molecule has 0 spiro atoms. The summed E-state index contributed by atoms with van der Waals surface area (Å²) in [6.07, 6.45) is 4.37. The highest BCUT2D eigenvalue weighted by Gasteiger charge is 2.26. The summed E-state index contributed by atoms with van der Waals surface area (Å²) in [7, 11) is 0. The van der Waals surface area contributed by atoms with Gasteiger partial charge in [0.2, 0.25) is 0 Å². The second-order valence-corrected chi connectivity index (χ2v) is 6.83. The molecule has 7 heteroatoms. The van der Waals surface area contributed by atoms with Gasteiger partial charge in [0.25, 0.3) is 5.88 Å². The van der Waals surface area contributed by atoms with Crippen molar-refractivity contribution in [1.82, 2.24) is 10.5 Å². The number of rotatable bonds is 5. The molecule has 2 fully saturated rings. The van der Waals surface area contributed by atoms with Gasteiger partial charge in [0, 0.05) is 6.42 Å². The highest BCUT2D eigenvalue weighted by Crippen LogP contribution is 2.36. The standard InChI is InChI=1S/C18H24N2O4.ClH/c21-13-4-5-14(10-13)23-15-2-1-3-16-17(15)18(20-24-16)22-11-12-6-8-19-9-7-12;/h1-3,12-14,19,21H,4-11H2;1H/t13-,14-;/m0./s1. The number of ether oxygens (including phenoxy) is 2. The molecule has 1 aromatic heterocycles. The fourth-order valence-electron chi connectivity index (χ4n) is 3.58. The van der Waals surface area contributed by atoms with Crippen LogP contribution in [-0.2, 0) is 0 Å². The van der Waals surface area contributed by atoms with Crippen molar-refractivity contribution >= 4 is 23.4 Å². The molecular formula is C18H25ClN2O4. The van der Waals surface area contributed by atoms with E-state index >= 15 is 0 Å². The van der Waals surface area contributed by atoms with Crippen LogP contribution in [0.4, 0.5) is 0 Å². The van der Waals surface area contributed by atoms with E-state index in [4.69, 9.17) is 14.0 Å². The number of piperidine rings is 1. The molecule has 2 aliphatic rings. The Hall–Kier alpha value is -1.50. The number of aliphatic hydroxyl groups is 1. The highest BCUT2D eigenvalue weighted by atomic mass is 35.5. The summed E-state index contributed by atoms with van der Waals surface area (Å²) >= 11 is 0. The van der Waals surface area contributed by atoms with Crippen LogP contribution < -0.4 is 14.8 Å². The number of benzene rings is 1. The molecule has 2 atom stereocenters. The van der Waals surface area contributed by atoms with E-state index in [9.17, 15) is 5.11 Å². The van der Waals surface area contributed by atoms with Crippen LogP contribution in [-0.4, -0.2) is 42.2 Å². The van der Waals surface area contributed by atoms with Crippen LogP contribution in [0, 0.1) is 5.92 Å². The van der Waals surface area contributed by atoms with Crippen molar-refractivity contribution in [3.8, 4) is 11.6 Å². The number of halogens is 1. The zero-order valence-corrected chi connectivity index (χ0v) is 15.0. The van der Waals surface area contributed by atoms with Crippen LogP contribution in [0.15, 0.2) is 22.7 Å². The number of nitrogens with zero attached hydrogens (tertiary/aromatic N) is 1. The van der Waals surface area contributed by atoms with Crippen LogP contribution in [0.25, 0.3) is 11.0 Å². The van der Waals surface area contributed by atoms with Gasteiger partial charge >= 0.3 is 0 Å². The molecular weight excluding hydrogens is 344 g/mol. The summed E-state index contributed by atoms with van der Waals surface area (Å²) in [5.41, 5.74) is 0.673. The highest BCUT2D eigenvalue weighted by molar-refractivity contribution is 5.88. The van der Waals surface area contributed by atoms with Gasteiger partial charge in [-0.1, -0.05) is 6.07 Å². The third kappa shape index (κ3) is 4.19. The average Bonchev–Trinajstić information content (AvgIpc) is 3.21. The molecule has 1 saturated carbocycles. The third-order valence-electron chi connectivity index (χ3n) is 4.99. The molecule has 2 N–H and O–H groups in total. The first kappa shape index (κ1) is 18.3. The minimum absolute atomic E-state index is 0. The molecule has 4 rings (SSSR count). The lowest BCUT2D eigenvalue weighted by atomic mass is 9.99. The van der Waals surface area contributed by atoms with Gasteiger partial charge in [0.1, 0.15) is 17.2 Å². The quantitative estimate of drug-likeness (QED) is 0.845. The van der Waals surface area contributed by atoms with E-state index in [-0.39, 0.29) is 24.6 Å². The SMILES string of the molecule is Cl.O[C@H]1CC[C@H](Oc2cccc3onc(OCC4CCNCC4)c23)C1. The Morgan fingerprint density at radius 3 is 2.80 bits per heavy atom. The van der Waals surface area contributed by atoms with Gasteiger partial charge in [-0.2, -0.15) is 0 Å². The first-order chi connectivity index (χ1) is 11.8. The molecule has 1 aliphatic carbocycles. The summed E-state index contributed by atoms with van der Waals surface area (Å²) in [5, 5.41) is 17.9. The fraction of sp³-hybridized carbons (Fsp3) is 0.611. The monoisotopic (exact) mass is 368 g/mol. The van der Waals surface area contributed by atoms with Crippen LogP contribution >= 0.6 is 12.4 Å². The molecule has 0 amide bonds.